The van der Waals surface area contributed by atoms with Crippen LogP contribution in [0, 0.1) is 13.8 Å². The number of carbonyl (C=O) groups excluding carboxylic acids is 1. The number of hydrogen-bond donors (Lipinski definition) is 1. The minimum Gasteiger partial charge on any atom is -0.383 e. The van der Waals surface area contributed by atoms with Crippen molar-refractivity contribution < 1.29 is 9.53 Å². The van der Waals surface area contributed by atoms with Crippen LogP contribution in [0.2, 0.25) is 5.02 Å². The van der Waals surface area contributed by atoms with Gasteiger partial charge in [0.15, 0.2) is 0 Å². The SMILES string of the molecule is COCCN(Cc1ccccc1Cl)C(=O)NC[C@@H](C)n1nc(C)cc1C. The van der Waals surface area contributed by atoms with E-state index in [9.17, 15) is 4.79 Å². The summed E-state index contributed by atoms with van der Waals surface area (Å²) in [6, 6.07) is 9.50. The van der Waals surface area contributed by atoms with E-state index in [-0.39, 0.29) is 12.1 Å². The second kappa shape index (κ2) is 9.59. The molecule has 0 spiro atoms. The highest BCUT2D eigenvalue weighted by atomic mass is 35.5. The van der Waals surface area contributed by atoms with Crippen molar-refractivity contribution in [2.75, 3.05) is 26.8 Å². The van der Waals surface area contributed by atoms with E-state index in [2.05, 4.69) is 10.4 Å². The summed E-state index contributed by atoms with van der Waals surface area (Å²) in [7, 11) is 1.62. The van der Waals surface area contributed by atoms with Gasteiger partial charge in [-0.05, 0) is 38.5 Å². The molecule has 1 aromatic carbocycles. The lowest BCUT2D eigenvalue weighted by molar-refractivity contribution is 0.146. The fourth-order valence-electron chi connectivity index (χ4n) is 2.81. The molecule has 0 unspecified atom stereocenters. The molecule has 0 saturated carbocycles. The number of nitrogens with zero attached hydrogens (tertiary/aromatic N) is 3. The van der Waals surface area contributed by atoms with Gasteiger partial charge >= 0.3 is 6.03 Å². The number of halogens is 1. The summed E-state index contributed by atoms with van der Waals surface area (Å²) < 4.78 is 7.07. The Kier molecular flexibility index (Phi) is 7.48. The van der Waals surface area contributed by atoms with Crippen LogP contribution in [0.3, 0.4) is 0 Å². The molecule has 2 aromatic rings. The zero-order chi connectivity index (χ0) is 19.1. The molecule has 1 atom stereocenters. The number of methoxy groups -OCH3 is 1. The molecule has 26 heavy (non-hydrogen) atoms. The van der Waals surface area contributed by atoms with E-state index in [0.29, 0.717) is 31.3 Å². The Bertz CT molecular complexity index is 732. The first-order chi connectivity index (χ1) is 12.4. The van der Waals surface area contributed by atoms with Crippen LogP contribution in [-0.4, -0.2) is 47.5 Å². The van der Waals surface area contributed by atoms with Gasteiger partial charge in [-0.2, -0.15) is 5.10 Å². The molecule has 1 N–H and O–H groups in total. The van der Waals surface area contributed by atoms with Crippen molar-refractivity contribution in [2.45, 2.75) is 33.4 Å². The summed E-state index contributed by atoms with van der Waals surface area (Å²) in [6.45, 7) is 7.89. The second-order valence-corrected chi connectivity index (χ2v) is 6.82. The van der Waals surface area contributed by atoms with Gasteiger partial charge < -0.3 is 15.0 Å². The molecule has 2 rings (SSSR count). The van der Waals surface area contributed by atoms with Crippen molar-refractivity contribution >= 4 is 17.6 Å². The average Bonchev–Trinajstić information content (AvgIpc) is 2.96. The quantitative estimate of drug-likeness (QED) is 0.763. The summed E-state index contributed by atoms with van der Waals surface area (Å²) in [5.74, 6) is 0. The molecule has 0 saturated heterocycles. The predicted molar refractivity (Wildman–Crippen MR) is 104 cm³/mol. The van der Waals surface area contributed by atoms with Crippen LogP contribution in [0.4, 0.5) is 4.79 Å². The maximum atomic E-state index is 12.7. The van der Waals surface area contributed by atoms with Gasteiger partial charge in [-0.15, -0.1) is 0 Å². The third kappa shape index (κ3) is 5.47. The monoisotopic (exact) mass is 378 g/mol. The molecule has 1 heterocycles. The third-order valence-corrected chi connectivity index (χ3v) is 4.55. The number of carbonyl (C=O) groups is 1. The van der Waals surface area contributed by atoms with Crippen LogP contribution in [0.25, 0.3) is 0 Å². The summed E-state index contributed by atoms with van der Waals surface area (Å²) >= 11 is 6.23. The smallest absolute Gasteiger partial charge is 0.317 e. The number of aromatic nitrogens is 2. The van der Waals surface area contributed by atoms with E-state index < -0.39 is 0 Å². The Balaban J connectivity index is 1.99. The molecular formula is C19H27ClN4O2. The van der Waals surface area contributed by atoms with Crippen molar-refractivity contribution in [3.05, 3.63) is 52.3 Å². The molecule has 6 nitrogen and oxygen atoms in total. The molecule has 142 valence electrons. The largest absolute Gasteiger partial charge is 0.383 e. The Morgan fingerprint density at radius 3 is 2.73 bits per heavy atom. The zero-order valence-electron chi connectivity index (χ0n) is 15.8. The number of benzene rings is 1. The maximum absolute atomic E-state index is 12.7. The van der Waals surface area contributed by atoms with Crippen LogP contribution < -0.4 is 5.32 Å². The Morgan fingerprint density at radius 2 is 2.12 bits per heavy atom. The predicted octanol–water partition coefficient (Wildman–Crippen LogP) is 3.57. The lowest BCUT2D eigenvalue weighted by atomic mass is 10.2. The first-order valence-corrected chi connectivity index (χ1v) is 9.08. The number of ether oxygens (including phenoxy) is 1. The number of aryl methyl sites for hydroxylation is 2. The van der Waals surface area contributed by atoms with Gasteiger partial charge in [0, 0.05) is 37.5 Å². The highest BCUT2D eigenvalue weighted by Gasteiger charge is 2.17. The first kappa shape index (κ1) is 20.3. The summed E-state index contributed by atoms with van der Waals surface area (Å²) in [6.07, 6.45) is 0. The Morgan fingerprint density at radius 1 is 1.38 bits per heavy atom. The summed E-state index contributed by atoms with van der Waals surface area (Å²) in [4.78, 5) is 14.4. The number of urea groups is 1. The summed E-state index contributed by atoms with van der Waals surface area (Å²) in [5.41, 5.74) is 2.96. The molecule has 0 bridgehead atoms. The molecule has 0 aliphatic heterocycles. The van der Waals surface area contributed by atoms with Gasteiger partial charge in [0.05, 0.1) is 18.3 Å². The molecule has 0 radical (unpaired) electrons. The van der Waals surface area contributed by atoms with Crippen LogP contribution in [-0.2, 0) is 11.3 Å². The normalized spacial score (nSPS) is 12.0. The van der Waals surface area contributed by atoms with Gasteiger partial charge in [0.1, 0.15) is 0 Å². The number of nitrogens with one attached hydrogen (secondary N) is 1. The van der Waals surface area contributed by atoms with E-state index in [1.807, 2.05) is 55.8 Å². The topological polar surface area (TPSA) is 59.4 Å². The minimum atomic E-state index is -0.143. The molecule has 0 fully saturated rings. The van der Waals surface area contributed by atoms with Crippen molar-refractivity contribution in [1.29, 1.82) is 0 Å². The second-order valence-electron chi connectivity index (χ2n) is 6.41. The van der Waals surface area contributed by atoms with E-state index in [4.69, 9.17) is 16.3 Å². The number of amides is 2. The molecule has 2 amide bonds. The average molecular weight is 379 g/mol. The first-order valence-electron chi connectivity index (χ1n) is 8.70. The van der Waals surface area contributed by atoms with Crippen LogP contribution in [0.5, 0.6) is 0 Å². The van der Waals surface area contributed by atoms with Crippen molar-refractivity contribution in [3.8, 4) is 0 Å². The number of rotatable bonds is 8. The van der Waals surface area contributed by atoms with Crippen LogP contribution in [0.1, 0.15) is 29.9 Å². The van der Waals surface area contributed by atoms with Gasteiger partial charge in [0.25, 0.3) is 0 Å². The fourth-order valence-corrected chi connectivity index (χ4v) is 3.01. The molecule has 7 heteroatoms. The van der Waals surface area contributed by atoms with E-state index in [1.165, 1.54) is 0 Å². The highest BCUT2D eigenvalue weighted by Crippen LogP contribution is 2.17. The van der Waals surface area contributed by atoms with Crippen molar-refractivity contribution in [1.82, 2.24) is 20.0 Å². The van der Waals surface area contributed by atoms with Crippen LogP contribution in [0.15, 0.2) is 30.3 Å². The van der Waals surface area contributed by atoms with Gasteiger partial charge in [-0.3, -0.25) is 4.68 Å². The third-order valence-electron chi connectivity index (χ3n) is 4.18. The van der Waals surface area contributed by atoms with E-state index in [0.717, 1.165) is 17.0 Å². The van der Waals surface area contributed by atoms with Gasteiger partial charge in [-0.1, -0.05) is 29.8 Å². The fraction of sp³-hybridized carbons (Fsp3) is 0.474. The lowest BCUT2D eigenvalue weighted by Gasteiger charge is -2.24. The lowest BCUT2D eigenvalue weighted by Crippen LogP contribution is -2.43. The Labute approximate surface area is 160 Å². The number of hydrogen-bond acceptors (Lipinski definition) is 3. The molecule has 0 aliphatic carbocycles. The maximum Gasteiger partial charge on any atom is 0.317 e. The summed E-state index contributed by atoms with van der Waals surface area (Å²) in [5, 5.41) is 8.12. The standard InChI is InChI=1S/C19H27ClN4O2/c1-14-11-15(2)24(22-14)16(3)12-21-19(25)23(9-10-26-4)13-17-7-5-6-8-18(17)20/h5-8,11,16H,9-10,12-13H2,1-4H3,(H,21,25)/t16-/m1/s1. The van der Waals surface area contributed by atoms with E-state index >= 15 is 0 Å². The highest BCUT2D eigenvalue weighted by molar-refractivity contribution is 6.31. The van der Waals surface area contributed by atoms with Crippen LogP contribution >= 0.6 is 11.6 Å². The minimum absolute atomic E-state index is 0.0669. The molecular weight excluding hydrogens is 352 g/mol. The van der Waals surface area contributed by atoms with Crippen molar-refractivity contribution in [2.24, 2.45) is 0 Å². The molecule has 1 aromatic heterocycles. The van der Waals surface area contributed by atoms with Gasteiger partial charge in [-0.25, -0.2) is 4.79 Å². The van der Waals surface area contributed by atoms with Gasteiger partial charge in [0.2, 0.25) is 0 Å². The molecule has 0 aliphatic rings. The van der Waals surface area contributed by atoms with Crippen molar-refractivity contribution in [3.63, 3.8) is 0 Å². The van der Waals surface area contributed by atoms with E-state index in [1.54, 1.807) is 12.0 Å². The zero-order valence-corrected chi connectivity index (χ0v) is 16.6. The Hall–Kier alpha value is -2.05.